The van der Waals surface area contributed by atoms with Crippen molar-refractivity contribution >= 4 is 11.8 Å². The van der Waals surface area contributed by atoms with Gasteiger partial charge in [-0.25, -0.2) is 4.68 Å². The fraction of sp³-hybridized carbons (Fsp3) is 0.484. The van der Waals surface area contributed by atoms with Crippen LogP contribution in [-0.4, -0.2) is 75.9 Å². The lowest BCUT2D eigenvalue weighted by atomic mass is 10.0. The van der Waals surface area contributed by atoms with Crippen LogP contribution >= 0.6 is 0 Å². The van der Waals surface area contributed by atoms with E-state index in [0.29, 0.717) is 31.0 Å². The molecule has 3 aromatic rings. The minimum atomic E-state index is -0.503. The number of piperazine rings is 1. The molecule has 1 saturated heterocycles. The molecule has 206 valence electrons. The molecule has 1 N–H and O–H groups in total. The molecule has 8 nitrogen and oxygen atoms in total. The number of rotatable bonds is 11. The fourth-order valence-corrected chi connectivity index (χ4v) is 5.58. The normalized spacial score (nSPS) is 20.0. The molecule has 0 radical (unpaired) electrons. The summed E-state index contributed by atoms with van der Waals surface area (Å²) in [6, 6.07) is 15.7. The van der Waals surface area contributed by atoms with Crippen molar-refractivity contribution in [2.45, 2.75) is 57.4 Å². The van der Waals surface area contributed by atoms with Crippen molar-refractivity contribution in [2.75, 3.05) is 33.2 Å². The molecule has 1 saturated carbocycles. The molecule has 1 aliphatic heterocycles. The maximum atomic E-state index is 13.5. The van der Waals surface area contributed by atoms with Gasteiger partial charge in [-0.2, -0.15) is 0 Å². The van der Waals surface area contributed by atoms with E-state index in [-0.39, 0.29) is 11.8 Å². The molecule has 5 rings (SSSR count). The van der Waals surface area contributed by atoms with Crippen molar-refractivity contribution in [3.63, 3.8) is 0 Å². The molecule has 2 heterocycles. The molecule has 0 unspecified atom stereocenters. The zero-order chi connectivity index (χ0) is 27.2. The molecule has 0 spiro atoms. The minimum Gasteiger partial charge on any atom is -0.340 e. The van der Waals surface area contributed by atoms with Crippen LogP contribution in [0.2, 0.25) is 0 Å². The Labute approximate surface area is 231 Å². The highest BCUT2D eigenvalue weighted by molar-refractivity contribution is 5.97. The number of benzene rings is 2. The second kappa shape index (κ2) is 12.6. The molecule has 3 atom stereocenters. The first-order valence-electron chi connectivity index (χ1n) is 14.3. The first kappa shape index (κ1) is 27.1. The number of carbonyl (C=O) groups is 2. The van der Waals surface area contributed by atoms with Gasteiger partial charge in [-0.15, -0.1) is 5.10 Å². The summed E-state index contributed by atoms with van der Waals surface area (Å²) in [6.45, 7) is 5.26. The topological polar surface area (TPSA) is 83.4 Å². The Morgan fingerprint density at radius 1 is 0.974 bits per heavy atom. The highest BCUT2D eigenvalue weighted by Gasteiger charge is 2.37. The number of likely N-dealkylation sites (N-methyl/N-ethyl adjacent to an activating group) is 1. The molecular formula is C31H40N6O2. The number of amides is 2. The van der Waals surface area contributed by atoms with Crippen LogP contribution < -0.4 is 5.32 Å². The third-order valence-electron chi connectivity index (χ3n) is 8.23. The largest absolute Gasteiger partial charge is 0.340 e. The van der Waals surface area contributed by atoms with E-state index < -0.39 is 6.04 Å². The average molecular weight is 529 g/mol. The number of aryl methyl sites for hydroxylation is 1. The zero-order valence-electron chi connectivity index (χ0n) is 23.1. The number of nitrogens with zero attached hydrogens (tertiary/aromatic N) is 5. The Hall–Kier alpha value is -3.52. The van der Waals surface area contributed by atoms with Crippen molar-refractivity contribution < 1.29 is 9.59 Å². The summed E-state index contributed by atoms with van der Waals surface area (Å²) in [4.78, 5) is 30.8. The van der Waals surface area contributed by atoms with Crippen LogP contribution in [0.15, 0.2) is 60.9 Å². The summed E-state index contributed by atoms with van der Waals surface area (Å²) >= 11 is 0. The Bertz CT molecular complexity index is 1220. The van der Waals surface area contributed by atoms with Gasteiger partial charge in [-0.05, 0) is 74.9 Å². The number of hydrogen-bond donors (Lipinski definition) is 1. The van der Waals surface area contributed by atoms with Crippen LogP contribution in [-0.2, 0) is 4.79 Å². The molecule has 39 heavy (non-hydrogen) atoms. The lowest BCUT2D eigenvalue weighted by Crippen LogP contribution is -2.54. The summed E-state index contributed by atoms with van der Waals surface area (Å²) < 4.78 is 1.64. The minimum absolute atomic E-state index is 0.0392. The Kier molecular flexibility index (Phi) is 8.71. The second-order valence-corrected chi connectivity index (χ2v) is 11.2. The van der Waals surface area contributed by atoms with Crippen LogP contribution in [0.5, 0.6) is 0 Å². The van der Waals surface area contributed by atoms with Crippen LogP contribution in [0.25, 0.3) is 5.69 Å². The standard InChI is InChI=1S/C31H40N6O2/c1-23-8-10-24(11-9-23)28-22-26(28)6-4-3-5-7-29(31(39)36-20-18-35(2)19-21-36)33-30(38)25-12-14-27(15-13-25)37-17-16-32-34-37/h8-17,26,28-29H,3-7,18-22H2,1-2H3,(H,33,38)/t26-,28+,29+/m1/s1. The summed E-state index contributed by atoms with van der Waals surface area (Å²) in [6.07, 6.45) is 9.73. The van der Waals surface area contributed by atoms with E-state index in [9.17, 15) is 9.59 Å². The van der Waals surface area contributed by atoms with Gasteiger partial charge in [0.15, 0.2) is 0 Å². The quantitative estimate of drug-likeness (QED) is 0.377. The smallest absolute Gasteiger partial charge is 0.251 e. The molecule has 1 aliphatic carbocycles. The summed E-state index contributed by atoms with van der Waals surface area (Å²) in [5, 5.41) is 10.9. The zero-order valence-corrected chi connectivity index (χ0v) is 23.1. The number of unbranched alkanes of at least 4 members (excludes halogenated alkanes) is 2. The van der Waals surface area contributed by atoms with Crippen molar-refractivity contribution in [2.24, 2.45) is 5.92 Å². The molecular weight excluding hydrogens is 488 g/mol. The van der Waals surface area contributed by atoms with E-state index in [2.05, 4.69) is 58.8 Å². The predicted octanol–water partition coefficient (Wildman–Crippen LogP) is 4.20. The Morgan fingerprint density at radius 3 is 2.41 bits per heavy atom. The first-order chi connectivity index (χ1) is 19.0. The predicted molar refractivity (Wildman–Crippen MR) is 152 cm³/mol. The van der Waals surface area contributed by atoms with Crippen molar-refractivity contribution in [1.82, 2.24) is 30.1 Å². The van der Waals surface area contributed by atoms with Crippen molar-refractivity contribution in [3.8, 4) is 5.69 Å². The van der Waals surface area contributed by atoms with E-state index in [1.807, 2.05) is 17.0 Å². The number of aromatic nitrogens is 3. The summed E-state index contributed by atoms with van der Waals surface area (Å²) in [5.41, 5.74) is 4.15. The van der Waals surface area contributed by atoms with Crippen molar-refractivity contribution in [3.05, 3.63) is 77.6 Å². The molecule has 1 aromatic heterocycles. The van der Waals surface area contributed by atoms with E-state index in [1.54, 1.807) is 29.2 Å². The third kappa shape index (κ3) is 7.12. The van der Waals surface area contributed by atoms with Crippen LogP contribution in [0.1, 0.15) is 65.9 Å². The van der Waals surface area contributed by atoms with E-state index in [4.69, 9.17) is 0 Å². The average Bonchev–Trinajstić information content (AvgIpc) is 3.51. The van der Waals surface area contributed by atoms with Gasteiger partial charge in [0.25, 0.3) is 5.91 Å². The van der Waals surface area contributed by atoms with Crippen LogP contribution in [0, 0.1) is 12.8 Å². The van der Waals surface area contributed by atoms with Crippen LogP contribution in [0.4, 0.5) is 0 Å². The highest BCUT2D eigenvalue weighted by Crippen LogP contribution is 2.50. The fourth-order valence-electron chi connectivity index (χ4n) is 5.58. The number of hydrogen-bond acceptors (Lipinski definition) is 5. The summed E-state index contributed by atoms with van der Waals surface area (Å²) in [7, 11) is 2.08. The lowest BCUT2D eigenvalue weighted by molar-refractivity contribution is -0.135. The van der Waals surface area contributed by atoms with Crippen LogP contribution in [0.3, 0.4) is 0 Å². The van der Waals surface area contributed by atoms with Gasteiger partial charge < -0.3 is 15.1 Å². The van der Waals surface area contributed by atoms with Crippen molar-refractivity contribution in [1.29, 1.82) is 0 Å². The molecule has 2 aliphatic rings. The van der Waals surface area contributed by atoms with Gasteiger partial charge in [0.2, 0.25) is 5.91 Å². The van der Waals surface area contributed by atoms with Gasteiger partial charge in [-0.1, -0.05) is 54.3 Å². The van der Waals surface area contributed by atoms with Gasteiger partial charge in [0.05, 0.1) is 18.1 Å². The van der Waals surface area contributed by atoms with Gasteiger partial charge in [-0.3, -0.25) is 9.59 Å². The molecule has 0 bridgehead atoms. The van der Waals surface area contributed by atoms with Gasteiger partial charge in [0.1, 0.15) is 6.04 Å². The van der Waals surface area contributed by atoms with E-state index >= 15 is 0 Å². The Morgan fingerprint density at radius 2 is 1.72 bits per heavy atom. The molecule has 2 fully saturated rings. The van der Waals surface area contributed by atoms with Gasteiger partial charge in [0, 0.05) is 31.7 Å². The molecule has 2 amide bonds. The Balaban J connectivity index is 1.13. The van der Waals surface area contributed by atoms with E-state index in [1.165, 1.54) is 30.4 Å². The number of nitrogens with one attached hydrogen (secondary N) is 1. The monoisotopic (exact) mass is 528 g/mol. The molecule has 2 aromatic carbocycles. The molecule has 8 heteroatoms. The third-order valence-corrected chi connectivity index (χ3v) is 8.23. The first-order valence-corrected chi connectivity index (χ1v) is 14.3. The maximum Gasteiger partial charge on any atom is 0.251 e. The lowest BCUT2D eigenvalue weighted by Gasteiger charge is -2.34. The van der Waals surface area contributed by atoms with Gasteiger partial charge >= 0.3 is 0 Å². The maximum absolute atomic E-state index is 13.5. The highest BCUT2D eigenvalue weighted by atomic mass is 16.2. The summed E-state index contributed by atoms with van der Waals surface area (Å²) in [5.74, 6) is 1.33. The van der Waals surface area contributed by atoms with E-state index in [0.717, 1.165) is 37.5 Å². The number of carbonyl (C=O) groups excluding carboxylic acids is 2. The second-order valence-electron chi connectivity index (χ2n) is 11.2. The SMILES string of the molecule is Cc1ccc([C@@H]2C[C@H]2CCCCC[C@H](NC(=O)c2ccc(-n3ccnn3)cc2)C(=O)N2CCN(C)CC2)cc1.